The number of likely N-dealkylation sites (tertiary alicyclic amines) is 1. The minimum Gasteiger partial charge on any atom is -0.477 e. The summed E-state index contributed by atoms with van der Waals surface area (Å²) in [6.45, 7) is 1.66. The smallest absolute Gasteiger partial charge is 0.341 e. The second kappa shape index (κ2) is 6.00. The molecule has 2 N–H and O–H groups in total. The first-order valence-corrected chi connectivity index (χ1v) is 7.67. The summed E-state index contributed by atoms with van der Waals surface area (Å²) < 4.78 is 1.58. The quantitative estimate of drug-likeness (QED) is 0.872. The molecule has 7 nitrogen and oxygen atoms in total. The Balaban J connectivity index is 1.94. The van der Waals surface area contributed by atoms with Crippen LogP contribution in [0.5, 0.6) is 0 Å². The number of carboxylic acid groups (broad SMARTS) is 1. The number of nitrogens with zero attached hydrogens (tertiary/aromatic N) is 2. The van der Waals surface area contributed by atoms with Crippen LogP contribution in [0.25, 0.3) is 10.9 Å². The standard InChI is InChI=1S/C16H19N3O4/c1-18-6-2-3-10(18)4-7-19-8-5-13-11(15(19)21)9-12(16(22)23)14(20)17-13/h5,8-10H,2-4,6-7H2,1H3,(H,17,20)(H,22,23)/t10-/m1/s1. The molecule has 0 bridgehead atoms. The van der Waals surface area contributed by atoms with Gasteiger partial charge in [0.05, 0.1) is 10.9 Å². The number of hydrogen-bond donors (Lipinski definition) is 2. The zero-order valence-electron chi connectivity index (χ0n) is 12.9. The third-order valence-electron chi connectivity index (χ3n) is 4.59. The van der Waals surface area contributed by atoms with Crippen LogP contribution in [0.3, 0.4) is 0 Å². The molecule has 2 aromatic rings. The highest BCUT2D eigenvalue weighted by molar-refractivity contribution is 5.91. The number of fused-ring (bicyclic) bond motifs is 1. The minimum absolute atomic E-state index is 0.226. The second-order valence-corrected chi connectivity index (χ2v) is 6.02. The van der Waals surface area contributed by atoms with Gasteiger partial charge in [-0.25, -0.2) is 4.79 Å². The van der Waals surface area contributed by atoms with Crippen molar-refractivity contribution < 1.29 is 9.90 Å². The number of pyridine rings is 2. The van der Waals surface area contributed by atoms with Gasteiger partial charge in [0.1, 0.15) is 5.56 Å². The maximum absolute atomic E-state index is 12.5. The van der Waals surface area contributed by atoms with Crippen LogP contribution in [0.4, 0.5) is 0 Å². The van der Waals surface area contributed by atoms with Gasteiger partial charge in [-0.1, -0.05) is 0 Å². The van der Waals surface area contributed by atoms with Crippen LogP contribution in [-0.2, 0) is 6.54 Å². The Bertz CT molecular complexity index is 868. The van der Waals surface area contributed by atoms with Crippen LogP contribution >= 0.6 is 0 Å². The summed E-state index contributed by atoms with van der Waals surface area (Å²) in [5.41, 5.74) is -1.03. The van der Waals surface area contributed by atoms with E-state index in [1.807, 2.05) is 0 Å². The van der Waals surface area contributed by atoms with Gasteiger partial charge in [0.2, 0.25) is 0 Å². The van der Waals surface area contributed by atoms with E-state index < -0.39 is 17.1 Å². The maximum atomic E-state index is 12.5. The molecule has 3 heterocycles. The molecule has 1 fully saturated rings. The molecular formula is C16H19N3O4. The number of nitrogens with one attached hydrogen (secondary N) is 1. The molecule has 0 unspecified atom stereocenters. The lowest BCUT2D eigenvalue weighted by Crippen LogP contribution is -2.29. The topological polar surface area (TPSA) is 95.4 Å². The summed E-state index contributed by atoms with van der Waals surface area (Å²) in [5.74, 6) is -1.34. The lowest BCUT2D eigenvalue weighted by molar-refractivity contribution is 0.0695. The molecule has 2 aromatic heterocycles. The van der Waals surface area contributed by atoms with E-state index in [-0.39, 0.29) is 10.9 Å². The Hall–Kier alpha value is -2.41. The Labute approximate surface area is 132 Å². The van der Waals surface area contributed by atoms with Gasteiger partial charge >= 0.3 is 5.97 Å². The van der Waals surface area contributed by atoms with Gasteiger partial charge in [0.15, 0.2) is 0 Å². The lowest BCUT2D eigenvalue weighted by atomic mass is 10.1. The van der Waals surface area contributed by atoms with E-state index in [1.165, 1.54) is 6.42 Å². The number of aryl methyl sites for hydroxylation is 1. The van der Waals surface area contributed by atoms with Gasteiger partial charge in [0, 0.05) is 18.8 Å². The average Bonchev–Trinajstić information content (AvgIpc) is 2.91. The molecule has 23 heavy (non-hydrogen) atoms. The lowest BCUT2D eigenvalue weighted by Gasteiger charge is -2.19. The third-order valence-corrected chi connectivity index (χ3v) is 4.59. The summed E-state index contributed by atoms with van der Waals surface area (Å²) in [6.07, 6.45) is 4.83. The predicted octanol–water partition coefficient (Wildman–Crippen LogP) is 0.872. The van der Waals surface area contributed by atoms with E-state index in [9.17, 15) is 14.4 Å². The van der Waals surface area contributed by atoms with Crippen molar-refractivity contribution >= 4 is 16.9 Å². The van der Waals surface area contributed by atoms with Crippen LogP contribution < -0.4 is 11.1 Å². The molecule has 0 aromatic carbocycles. The Morgan fingerprint density at radius 2 is 2.22 bits per heavy atom. The molecule has 0 radical (unpaired) electrons. The van der Waals surface area contributed by atoms with Crippen LogP contribution in [0.2, 0.25) is 0 Å². The van der Waals surface area contributed by atoms with Crippen LogP contribution in [0, 0.1) is 0 Å². The van der Waals surface area contributed by atoms with Crippen molar-refractivity contribution in [2.45, 2.75) is 31.8 Å². The zero-order valence-corrected chi connectivity index (χ0v) is 12.9. The first-order chi connectivity index (χ1) is 11.0. The summed E-state index contributed by atoms with van der Waals surface area (Å²) in [5, 5.41) is 9.25. The number of rotatable bonds is 4. The van der Waals surface area contributed by atoms with Crippen LogP contribution in [0.1, 0.15) is 29.6 Å². The number of carbonyl (C=O) groups is 1. The summed E-state index contributed by atoms with van der Waals surface area (Å²) in [4.78, 5) is 40.0. The second-order valence-electron chi connectivity index (χ2n) is 6.02. The van der Waals surface area contributed by atoms with Crippen molar-refractivity contribution in [2.24, 2.45) is 0 Å². The Morgan fingerprint density at radius 1 is 1.43 bits per heavy atom. The van der Waals surface area contributed by atoms with Crippen molar-refractivity contribution in [3.63, 3.8) is 0 Å². The van der Waals surface area contributed by atoms with Crippen molar-refractivity contribution in [1.29, 1.82) is 0 Å². The van der Waals surface area contributed by atoms with Gasteiger partial charge in [0.25, 0.3) is 11.1 Å². The van der Waals surface area contributed by atoms with Crippen molar-refractivity contribution in [2.75, 3.05) is 13.6 Å². The molecule has 1 aliphatic heterocycles. The summed E-state index contributed by atoms with van der Waals surface area (Å²) in [6, 6.07) is 3.28. The normalized spacial score (nSPS) is 18.6. The maximum Gasteiger partial charge on any atom is 0.341 e. The van der Waals surface area contributed by atoms with Gasteiger partial charge in [-0.05, 0) is 45.0 Å². The van der Waals surface area contributed by atoms with Gasteiger partial charge in [-0.3, -0.25) is 9.59 Å². The largest absolute Gasteiger partial charge is 0.477 e. The first kappa shape index (κ1) is 15.5. The number of aromatic nitrogens is 2. The molecule has 122 valence electrons. The number of aromatic amines is 1. The zero-order chi connectivity index (χ0) is 16.6. The Kier molecular flexibility index (Phi) is 4.04. The molecule has 1 atom stereocenters. The van der Waals surface area contributed by atoms with E-state index in [1.54, 1.807) is 16.8 Å². The fourth-order valence-corrected chi connectivity index (χ4v) is 3.21. The van der Waals surface area contributed by atoms with E-state index in [0.29, 0.717) is 18.1 Å². The van der Waals surface area contributed by atoms with E-state index >= 15 is 0 Å². The molecule has 1 aliphatic rings. The molecule has 1 saturated heterocycles. The van der Waals surface area contributed by atoms with E-state index in [0.717, 1.165) is 25.5 Å². The number of aromatic carboxylic acids is 1. The van der Waals surface area contributed by atoms with Crippen molar-refractivity contribution in [3.05, 3.63) is 44.6 Å². The summed E-state index contributed by atoms with van der Waals surface area (Å²) in [7, 11) is 2.09. The van der Waals surface area contributed by atoms with Gasteiger partial charge in [-0.15, -0.1) is 0 Å². The highest BCUT2D eigenvalue weighted by atomic mass is 16.4. The van der Waals surface area contributed by atoms with Crippen LogP contribution in [0.15, 0.2) is 27.9 Å². The van der Waals surface area contributed by atoms with E-state index in [4.69, 9.17) is 5.11 Å². The molecule has 0 amide bonds. The molecule has 7 heteroatoms. The fourth-order valence-electron chi connectivity index (χ4n) is 3.21. The number of carboxylic acids is 1. The molecule has 3 rings (SSSR count). The molecular weight excluding hydrogens is 298 g/mol. The van der Waals surface area contributed by atoms with Crippen molar-refractivity contribution in [3.8, 4) is 0 Å². The predicted molar refractivity (Wildman–Crippen MR) is 86.1 cm³/mol. The highest BCUT2D eigenvalue weighted by Gasteiger charge is 2.20. The van der Waals surface area contributed by atoms with Crippen LogP contribution in [-0.4, -0.2) is 45.2 Å². The number of H-pyrrole nitrogens is 1. The molecule has 0 spiro atoms. The number of hydrogen-bond acceptors (Lipinski definition) is 4. The molecule has 0 saturated carbocycles. The van der Waals surface area contributed by atoms with Gasteiger partial charge in [-0.2, -0.15) is 0 Å². The SMILES string of the molecule is CN1CCC[C@@H]1CCn1ccc2[nH]c(=O)c(C(=O)O)cc2c1=O. The van der Waals surface area contributed by atoms with Gasteiger partial charge < -0.3 is 19.6 Å². The third kappa shape index (κ3) is 2.92. The van der Waals surface area contributed by atoms with Crippen molar-refractivity contribution in [1.82, 2.24) is 14.5 Å². The fraction of sp³-hybridized carbons (Fsp3) is 0.438. The molecule has 0 aliphatic carbocycles. The average molecular weight is 317 g/mol. The highest BCUT2D eigenvalue weighted by Crippen LogP contribution is 2.18. The minimum atomic E-state index is -1.34. The monoisotopic (exact) mass is 317 g/mol. The first-order valence-electron chi connectivity index (χ1n) is 7.67. The summed E-state index contributed by atoms with van der Waals surface area (Å²) >= 11 is 0. The van der Waals surface area contributed by atoms with E-state index in [2.05, 4.69) is 16.9 Å². The Morgan fingerprint density at radius 3 is 2.87 bits per heavy atom.